The second kappa shape index (κ2) is 10.4. The fourth-order valence-electron chi connectivity index (χ4n) is 3.77. The Morgan fingerprint density at radius 1 is 1.24 bits per heavy atom. The normalized spacial score (nSPS) is 17.7. The minimum Gasteiger partial charge on any atom is -0.481 e. The maximum absolute atomic E-state index is 14.6. The Hall–Kier alpha value is -3.16. The van der Waals surface area contributed by atoms with Gasteiger partial charge in [0.1, 0.15) is 17.4 Å². The molecule has 3 heterocycles. The summed E-state index contributed by atoms with van der Waals surface area (Å²) < 4.78 is 16.4. The van der Waals surface area contributed by atoms with Crippen LogP contribution in [-0.2, 0) is 9.59 Å². The van der Waals surface area contributed by atoms with Gasteiger partial charge in [0.05, 0.1) is 21.6 Å². The molecule has 2 aliphatic rings. The van der Waals surface area contributed by atoms with E-state index in [0.29, 0.717) is 29.3 Å². The SMILES string of the molecule is C[C@H]1Sc2c(C(=O)O)c(=O)c3cc(F)c(N4CCNCC4)cc3n21.N[C@@H](CCC(=O)O)C(=O)O. The molecule has 1 saturated heterocycles. The standard InChI is InChI=1S/C16H16FN3O3S.C5H9NO4/c1-8-20-11-7-12(19-4-2-18-3-5-19)10(17)6-9(11)14(21)13(16(22)23)15(20)24-8;6-3(5(9)10)1-2-4(7)8/h6-8,18H,2-5H2,1H3,(H,22,23);3H,1-2,6H2,(H,7,8)(H,9,10)/t8-;3-/m10/s1. The van der Waals surface area contributed by atoms with Gasteiger partial charge in [-0.3, -0.25) is 14.4 Å². The number of aliphatic carboxylic acids is 2. The van der Waals surface area contributed by atoms with E-state index >= 15 is 0 Å². The highest BCUT2D eigenvalue weighted by molar-refractivity contribution is 8.00. The third kappa shape index (κ3) is 5.16. The van der Waals surface area contributed by atoms with Crippen LogP contribution in [0.25, 0.3) is 10.9 Å². The lowest BCUT2D eigenvalue weighted by Gasteiger charge is -2.34. The van der Waals surface area contributed by atoms with E-state index in [9.17, 15) is 28.7 Å². The van der Waals surface area contributed by atoms with Gasteiger partial charge in [0.25, 0.3) is 0 Å². The molecule has 0 radical (unpaired) electrons. The third-order valence-electron chi connectivity index (χ3n) is 5.53. The topological polar surface area (TPSA) is 175 Å². The van der Waals surface area contributed by atoms with E-state index in [1.807, 2.05) is 16.4 Å². The summed E-state index contributed by atoms with van der Waals surface area (Å²) in [6.07, 6.45) is -0.224. The number of nitrogens with zero attached hydrogens (tertiary/aromatic N) is 2. The molecule has 2 aromatic rings. The number of aromatic carboxylic acids is 1. The van der Waals surface area contributed by atoms with Gasteiger partial charge in [-0.25, -0.2) is 9.18 Å². The number of pyridine rings is 1. The number of aromatic nitrogens is 1. The molecule has 1 fully saturated rings. The molecule has 184 valence electrons. The summed E-state index contributed by atoms with van der Waals surface area (Å²) in [5.74, 6) is -3.95. The molecule has 13 heteroatoms. The number of nitrogens with one attached hydrogen (secondary N) is 1. The molecular formula is C21H25FN4O7S. The van der Waals surface area contributed by atoms with Crippen molar-refractivity contribution in [2.24, 2.45) is 5.73 Å². The maximum atomic E-state index is 14.6. The van der Waals surface area contributed by atoms with Crippen molar-refractivity contribution in [3.63, 3.8) is 0 Å². The van der Waals surface area contributed by atoms with E-state index in [-0.39, 0.29) is 29.2 Å². The molecule has 1 aromatic carbocycles. The van der Waals surface area contributed by atoms with E-state index < -0.39 is 35.2 Å². The van der Waals surface area contributed by atoms with Crippen LogP contribution in [0.5, 0.6) is 0 Å². The zero-order valence-corrected chi connectivity index (χ0v) is 19.1. The zero-order chi connectivity index (χ0) is 25.2. The van der Waals surface area contributed by atoms with Gasteiger partial charge in [0.2, 0.25) is 5.43 Å². The number of carboxylic acids is 3. The molecule has 0 saturated carbocycles. The summed E-state index contributed by atoms with van der Waals surface area (Å²) in [4.78, 5) is 45.8. The van der Waals surface area contributed by atoms with Gasteiger partial charge in [-0.15, -0.1) is 0 Å². The van der Waals surface area contributed by atoms with Crippen LogP contribution in [0.2, 0.25) is 0 Å². The summed E-state index contributed by atoms with van der Waals surface area (Å²) in [6, 6.07) is 1.81. The smallest absolute Gasteiger partial charge is 0.342 e. The Morgan fingerprint density at radius 3 is 2.41 bits per heavy atom. The van der Waals surface area contributed by atoms with Crippen molar-refractivity contribution in [2.45, 2.75) is 36.2 Å². The van der Waals surface area contributed by atoms with Gasteiger partial charge in [0, 0.05) is 38.0 Å². The minimum atomic E-state index is -1.27. The van der Waals surface area contributed by atoms with Gasteiger partial charge in [0.15, 0.2) is 0 Å². The average molecular weight is 497 g/mol. The van der Waals surface area contributed by atoms with Crippen molar-refractivity contribution in [3.8, 4) is 0 Å². The fraction of sp³-hybridized carbons (Fsp3) is 0.429. The first-order valence-corrected chi connectivity index (χ1v) is 11.4. The quantitative estimate of drug-likeness (QED) is 0.388. The number of carbonyl (C=O) groups is 3. The van der Waals surface area contributed by atoms with E-state index in [0.717, 1.165) is 13.1 Å². The maximum Gasteiger partial charge on any atom is 0.342 e. The lowest BCUT2D eigenvalue weighted by atomic mass is 10.1. The predicted molar refractivity (Wildman–Crippen MR) is 123 cm³/mol. The van der Waals surface area contributed by atoms with Crippen LogP contribution in [0.4, 0.5) is 10.1 Å². The van der Waals surface area contributed by atoms with Crippen LogP contribution in [0.3, 0.4) is 0 Å². The largest absolute Gasteiger partial charge is 0.481 e. The fourth-order valence-corrected chi connectivity index (χ4v) is 4.93. The van der Waals surface area contributed by atoms with Gasteiger partial charge in [-0.2, -0.15) is 0 Å². The number of halogens is 1. The predicted octanol–water partition coefficient (Wildman–Crippen LogP) is 1.14. The van der Waals surface area contributed by atoms with Crippen molar-refractivity contribution in [2.75, 3.05) is 31.1 Å². The molecule has 4 rings (SSSR count). The number of benzene rings is 1. The Bertz CT molecular complexity index is 1200. The molecule has 34 heavy (non-hydrogen) atoms. The van der Waals surface area contributed by atoms with E-state index in [2.05, 4.69) is 5.32 Å². The number of hydrogen-bond acceptors (Lipinski definition) is 8. The van der Waals surface area contributed by atoms with Crippen LogP contribution >= 0.6 is 11.8 Å². The number of carboxylic acid groups (broad SMARTS) is 3. The second-order valence-corrected chi connectivity index (χ2v) is 9.14. The molecule has 0 amide bonds. The highest BCUT2D eigenvalue weighted by Gasteiger charge is 2.33. The van der Waals surface area contributed by atoms with Crippen LogP contribution in [-0.4, -0.2) is 70.0 Å². The number of nitrogens with two attached hydrogens (primary N) is 1. The Morgan fingerprint density at radius 2 is 1.88 bits per heavy atom. The van der Waals surface area contributed by atoms with Crippen LogP contribution < -0.4 is 21.4 Å². The van der Waals surface area contributed by atoms with Crippen molar-refractivity contribution in [1.29, 1.82) is 0 Å². The van der Waals surface area contributed by atoms with Crippen LogP contribution in [0, 0.1) is 5.82 Å². The first-order chi connectivity index (χ1) is 16.0. The van der Waals surface area contributed by atoms with Gasteiger partial charge < -0.3 is 35.8 Å². The number of fused-ring (bicyclic) bond motifs is 3. The van der Waals surface area contributed by atoms with Gasteiger partial charge in [-0.1, -0.05) is 11.8 Å². The van der Waals surface area contributed by atoms with Crippen molar-refractivity contribution in [1.82, 2.24) is 9.88 Å². The number of rotatable bonds is 6. The third-order valence-corrected chi connectivity index (χ3v) is 6.71. The molecule has 2 atom stereocenters. The van der Waals surface area contributed by atoms with E-state index in [1.54, 1.807) is 6.07 Å². The first kappa shape index (κ1) is 25.5. The molecule has 0 spiro atoms. The summed E-state index contributed by atoms with van der Waals surface area (Å²) in [7, 11) is 0. The highest BCUT2D eigenvalue weighted by atomic mass is 32.2. The molecule has 0 bridgehead atoms. The summed E-state index contributed by atoms with van der Waals surface area (Å²) in [5, 5.41) is 29.4. The minimum absolute atomic E-state index is 0.0162. The summed E-state index contributed by atoms with van der Waals surface area (Å²) in [6.45, 7) is 4.87. The molecule has 1 aromatic heterocycles. The molecular weight excluding hydrogens is 471 g/mol. The molecule has 0 unspecified atom stereocenters. The summed E-state index contributed by atoms with van der Waals surface area (Å²) >= 11 is 1.35. The van der Waals surface area contributed by atoms with Gasteiger partial charge >= 0.3 is 17.9 Å². The lowest BCUT2D eigenvalue weighted by Crippen LogP contribution is -2.44. The van der Waals surface area contributed by atoms with Gasteiger partial charge in [-0.05, 0) is 25.5 Å². The molecule has 11 nitrogen and oxygen atoms in total. The van der Waals surface area contributed by atoms with Crippen molar-refractivity contribution < 1.29 is 34.1 Å². The zero-order valence-electron chi connectivity index (χ0n) is 18.3. The number of thioether (sulfide) groups is 1. The Balaban J connectivity index is 0.000000277. The monoisotopic (exact) mass is 496 g/mol. The number of hydrogen-bond donors (Lipinski definition) is 5. The molecule has 6 N–H and O–H groups in total. The summed E-state index contributed by atoms with van der Waals surface area (Å²) in [5.41, 5.74) is 5.18. The molecule has 2 aliphatic heterocycles. The average Bonchev–Trinajstić information content (AvgIpc) is 2.77. The second-order valence-electron chi connectivity index (χ2n) is 7.84. The Labute approximate surface area is 197 Å². The van der Waals surface area contributed by atoms with E-state index in [1.165, 1.54) is 17.8 Å². The Kier molecular flexibility index (Phi) is 7.79. The lowest BCUT2D eigenvalue weighted by molar-refractivity contribution is -0.139. The van der Waals surface area contributed by atoms with Crippen molar-refractivity contribution in [3.05, 3.63) is 33.7 Å². The number of piperazine rings is 1. The van der Waals surface area contributed by atoms with Crippen LogP contribution in [0.15, 0.2) is 22.0 Å². The number of anilines is 1. The first-order valence-electron chi connectivity index (χ1n) is 10.5. The highest BCUT2D eigenvalue weighted by Crippen LogP contribution is 2.46. The van der Waals surface area contributed by atoms with Crippen molar-refractivity contribution >= 4 is 46.3 Å². The van der Waals surface area contributed by atoms with E-state index in [4.69, 9.17) is 15.9 Å². The van der Waals surface area contributed by atoms with Crippen LogP contribution in [0.1, 0.15) is 35.5 Å². The molecule has 0 aliphatic carbocycles.